The van der Waals surface area contributed by atoms with E-state index >= 15 is 0 Å². The van der Waals surface area contributed by atoms with E-state index in [9.17, 15) is 0 Å². The fourth-order valence-electron chi connectivity index (χ4n) is 2.22. The van der Waals surface area contributed by atoms with E-state index in [1.54, 1.807) is 21.3 Å². The van der Waals surface area contributed by atoms with Crippen molar-refractivity contribution in [1.82, 2.24) is 10.6 Å². The number of para-hydroxylation sites is 1. The largest absolute Gasteiger partial charge is 0.497 e. The number of halogens is 1. The molecule has 0 bridgehead atoms. The molecule has 0 heterocycles. The van der Waals surface area contributed by atoms with Crippen molar-refractivity contribution in [2.45, 2.75) is 13.1 Å². The molecule has 0 saturated carbocycles. The Kier molecular flexibility index (Phi) is 8.99. The summed E-state index contributed by atoms with van der Waals surface area (Å²) in [7, 11) is 5.10. The van der Waals surface area contributed by atoms with E-state index in [0.29, 0.717) is 13.1 Å². The van der Waals surface area contributed by atoms with E-state index in [4.69, 9.17) is 9.47 Å². The quantitative estimate of drug-likeness (QED) is 0.411. The van der Waals surface area contributed by atoms with Gasteiger partial charge in [0.2, 0.25) is 0 Å². The van der Waals surface area contributed by atoms with Crippen LogP contribution < -0.4 is 20.1 Å². The van der Waals surface area contributed by atoms with Gasteiger partial charge in [-0.3, -0.25) is 4.99 Å². The lowest BCUT2D eigenvalue weighted by Gasteiger charge is -2.14. The Balaban J connectivity index is 0.00000288. The second kappa shape index (κ2) is 10.7. The first-order valence-electron chi connectivity index (χ1n) is 7.46. The molecule has 0 aliphatic heterocycles. The van der Waals surface area contributed by atoms with E-state index in [1.807, 2.05) is 48.5 Å². The number of guanidine groups is 1. The maximum Gasteiger partial charge on any atom is 0.191 e. The van der Waals surface area contributed by atoms with Gasteiger partial charge in [0.05, 0.1) is 14.2 Å². The van der Waals surface area contributed by atoms with Gasteiger partial charge in [-0.15, -0.1) is 24.0 Å². The SMILES string of the molecule is CN=C(NCc1cccc(OC)c1)NCc1ccccc1OC.I. The van der Waals surface area contributed by atoms with Crippen LogP contribution in [0.1, 0.15) is 11.1 Å². The third-order valence-electron chi connectivity index (χ3n) is 3.46. The molecule has 2 aromatic carbocycles. The van der Waals surface area contributed by atoms with Gasteiger partial charge in [-0.1, -0.05) is 30.3 Å². The summed E-state index contributed by atoms with van der Waals surface area (Å²) >= 11 is 0. The molecule has 2 rings (SSSR count). The summed E-state index contributed by atoms with van der Waals surface area (Å²) in [4.78, 5) is 4.24. The Morgan fingerprint density at radius 1 is 0.958 bits per heavy atom. The summed E-state index contributed by atoms with van der Waals surface area (Å²) in [6.07, 6.45) is 0. The van der Waals surface area contributed by atoms with Gasteiger partial charge < -0.3 is 20.1 Å². The van der Waals surface area contributed by atoms with Crippen LogP contribution in [0.3, 0.4) is 0 Å². The van der Waals surface area contributed by atoms with Crippen LogP contribution in [-0.2, 0) is 13.1 Å². The fraction of sp³-hybridized carbons (Fsp3) is 0.278. The highest BCUT2D eigenvalue weighted by Gasteiger charge is 2.04. The average molecular weight is 441 g/mol. The smallest absolute Gasteiger partial charge is 0.191 e. The maximum absolute atomic E-state index is 5.35. The van der Waals surface area contributed by atoms with Crippen LogP contribution in [0.2, 0.25) is 0 Å². The Bertz CT molecular complexity index is 662. The van der Waals surface area contributed by atoms with Crippen LogP contribution in [0.4, 0.5) is 0 Å². The minimum Gasteiger partial charge on any atom is -0.497 e. The molecule has 24 heavy (non-hydrogen) atoms. The first-order valence-corrected chi connectivity index (χ1v) is 7.46. The minimum absolute atomic E-state index is 0. The highest BCUT2D eigenvalue weighted by atomic mass is 127. The molecule has 0 saturated heterocycles. The lowest BCUT2D eigenvalue weighted by atomic mass is 10.2. The highest BCUT2D eigenvalue weighted by Crippen LogP contribution is 2.16. The van der Waals surface area contributed by atoms with Crippen LogP contribution in [0.25, 0.3) is 0 Å². The van der Waals surface area contributed by atoms with Crippen molar-refractivity contribution in [2.24, 2.45) is 4.99 Å². The minimum atomic E-state index is 0. The molecular formula is C18H24IN3O2. The molecule has 130 valence electrons. The second-order valence-electron chi connectivity index (χ2n) is 4.94. The van der Waals surface area contributed by atoms with Crippen LogP contribution in [0.15, 0.2) is 53.5 Å². The van der Waals surface area contributed by atoms with Gasteiger partial charge in [-0.2, -0.15) is 0 Å². The molecule has 0 unspecified atom stereocenters. The first kappa shape index (κ1) is 20.1. The Morgan fingerprint density at radius 2 is 1.71 bits per heavy atom. The molecule has 0 atom stereocenters. The van der Waals surface area contributed by atoms with Crippen LogP contribution in [0.5, 0.6) is 11.5 Å². The van der Waals surface area contributed by atoms with E-state index in [0.717, 1.165) is 28.6 Å². The van der Waals surface area contributed by atoms with Gasteiger partial charge in [0, 0.05) is 25.7 Å². The zero-order valence-corrected chi connectivity index (χ0v) is 16.5. The Labute approximate surface area is 160 Å². The van der Waals surface area contributed by atoms with E-state index in [2.05, 4.69) is 15.6 Å². The molecule has 0 radical (unpaired) electrons. The van der Waals surface area contributed by atoms with Gasteiger partial charge >= 0.3 is 0 Å². The Hall–Kier alpha value is -1.96. The van der Waals surface area contributed by atoms with Crippen molar-refractivity contribution >= 4 is 29.9 Å². The number of ether oxygens (including phenoxy) is 2. The number of aliphatic imine (C=N–C) groups is 1. The molecule has 6 heteroatoms. The third-order valence-corrected chi connectivity index (χ3v) is 3.46. The van der Waals surface area contributed by atoms with Gasteiger partial charge in [-0.05, 0) is 23.8 Å². The summed E-state index contributed by atoms with van der Waals surface area (Å²) in [5.74, 6) is 2.45. The predicted octanol–water partition coefficient (Wildman–Crippen LogP) is 3.19. The molecule has 0 fully saturated rings. The molecule has 0 aliphatic rings. The second-order valence-corrected chi connectivity index (χ2v) is 4.94. The fourth-order valence-corrected chi connectivity index (χ4v) is 2.22. The number of hydrogen-bond donors (Lipinski definition) is 2. The summed E-state index contributed by atoms with van der Waals surface area (Å²) in [5, 5.41) is 6.57. The first-order chi connectivity index (χ1) is 11.3. The number of methoxy groups -OCH3 is 2. The lowest BCUT2D eigenvalue weighted by molar-refractivity contribution is 0.409. The third kappa shape index (κ3) is 5.92. The van der Waals surface area contributed by atoms with Gasteiger partial charge in [0.1, 0.15) is 11.5 Å². The van der Waals surface area contributed by atoms with Crippen LogP contribution >= 0.6 is 24.0 Å². The monoisotopic (exact) mass is 441 g/mol. The molecular weight excluding hydrogens is 417 g/mol. The average Bonchev–Trinajstić information content (AvgIpc) is 2.62. The molecule has 0 spiro atoms. The zero-order valence-electron chi connectivity index (χ0n) is 14.2. The molecule has 0 amide bonds. The lowest BCUT2D eigenvalue weighted by Crippen LogP contribution is -2.36. The molecule has 0 aliphatic carbocycles. The Morgan fingerprint density at radius 3 is 2.42 bits per heavy atom. The highest BCUT2D eigenvalue weighted by molar-refractivity contribution is 14.0. The number of hydrogen-bond acceptors (Lipinski definition) is 3. The predicted molar refractivity (Wildman–Crippen MR) is 108 cm³/mol. The summed E-state index contributed by atoms with van der Waals surface area (Å²) < 4.78 is 10.6. The van der Waals surface area contributed by atoms with Crippen molar-refractivity contribution in [3.8, 4) is 11.5 Å². The maximum atomic E-state index is 5.35. The number of nitrogens with zero attached hydrogens (tertiary/aromatic N) is 1. The van der Waals surface area contributed by atoms with Gasteiger partial charge in [0.15, 0.2) is 5.96 Å². The number of benzene rings is 2. The molecule has 2 aromatic rings. The summed E-state index contributed by atoms with van der Waals surface area (Å²) in [6.45, 7) is 1.31. The van der Waals surface area contributed by atoms with E-state index in [-0.39, 0.29) is 24.0 Å². The summed E-state index contributed by atoms with van der Waals surface area (Å²) in [5.41, 5.74) is 2.21. The van der Waals surface area contributed by atoms with Crippen LogP contribution in [0, 0.1) is 0 Å². The normalized spacial score (nSPS) is 10.5. The van der Waals surface area contributed by atoms with Crippen molar-refractivity contribution in [3.63, 3.8) is 0 Å². The van der Waals surface area contributed by atoms with Crippen molar-refractivity contribution in [1.29, 1.82) is 0 Å². The zero-order chi connectivity index (χ0) is 16.5. The molecule has 2 N–H and O–H groups in total. The molecule has 5 nitrogen and oxygen atoms in total. The van der Waals surface area contributed by atoms with E-state index < -0.39 is 0 Å². The van der Waals surface area contributed by atoms with Crippen molar-refractivity contribution in [3.05, 3.63) is 59.7 Å². The number of rotatable bonds is 6. The van der Waals surface area contributed by atoms with Crippen LogP contribution in [-0.4, -0.2) is 27.2 Å². The molecule has 0 aromatic heterocycles. The van der Waals surface area contributed by atoms with Gasteiger partial charge in [0.25, 0.3) is 0 Å². The van der Waals surface area contributed by atoms with Gasteiger partial charge in [-0.25, -0.2) is 0 Å². The number of nitrogens with one attached hydrogen (secondary N) is 2. The van der Waals surface area contributed by atoms with Crippen molar-refractivity contribution < 1.29 is 9.47 Å². The topological polar surface area (TPSA) is 54.9 Å². The van der Waals surface area contributed by atoms with E-state index in [1.165, 1.54) is 0 Å². The van der Waals surface area contributed by atoms with Crippen molar-refractivity contribution in [2.75, 3.05) is 21.3 Å². The standard InChI is InChI=1S/C18H23N3O2.HI/c1-19-18(20-12-14-7-6-9-16(11-14)22-2)21-13-15-8-4-5-10-17(15)23-3;/h4-11H,12-13H2,1-3H3,(H2,19,20,21);1H. The summed E-state index contributed by atoms with van der Waals surface area (Å²) in [6, 6.07) is 15.9.